The standard InChI is InChI=1S/C19H16N4O2S/c1-12-22-17(11-26-12)14-7-16(20-9-14)19(24)21-10-15-8-18(25-23-15)13-5-3-2-4-6-13/h2-9,11,20H,10H2,1H3,(H,21,24). The number of benzene rings is 1. The predicted molar refractivity (Wildman–Crippen MR) is 99.7 cm³/mol. The molecule has 0 unspecified atom stereocenters. The normalized spacial score (nSPS) is 10.8. The van der Waals surface area contributed by atoms with Gasteiger partial charge in [-0.15, -0.1) is 11.3 Å². The molecule has 0 radical (unpaired) electrons. The van der Waals surface area contributed by atoms with E-state index < -0.39 is 0 Å². The molecule has 4 rings (SSSR count). The lowest BCUT2D eigenvalue weighted by molar-refractivity contribution is 0.0945. The molecule has 7 heteroatoms. The van der Waals surface area contributed by atoms with E-state index in [1.165, 1.54) is 0 Å². The number of hydrogen-bond acceptors (Lipinski definition) is 5. The van der Waals surface area contributed by atoms with Gasteiger partial charge in [-0.25, -0.2) is 4.98 Å². The Balaban J connectivity index is 1.40. The monoisotopic (exact) mass is 364 g/mol. The molecule has 0 saturated carbocycles. The molecule has 0 aliphatic heterocycles. The van der Waals surface area contributed by atoms with E-state index in [2.05, 4.69) is 20.4 Å². The number of nitrogens with one attached hydrogen (secondary N) is 2. The Morgan fingerprint density at radius 3 is 2.85 bits per heavy atom. The van der Waals surface area contributed by atoms with Crippen LogP contribution < -0.4 is 5.32 Å². The van der Waals surface area contributed by atoms with Crippen LogP contribution in [0, 0.1) is 6.92 Å². The van der Waals surface area contributed by atoms with E-state index in [-0.39, 0.29) is 5.91 Å². The second-order valence-electron chi connectivity index (χ2n) is 5.78. The number of thiazole rings is 1. The van der Waals surface area contributed by atoms with Gasteiger partial charge in [-0.05, 0) is 13.0 Å². The largest absolute Gasteiger partial charge is 0.357 e. The summed E-state index contributed by atoms with van der Waals surface area (Å²) in [7, 11) is 0. The van der Waals surface area contributed by atoms with E-state index in [1.54, 1.807) is 23.6 Å². The van der Waals surface area contributed by atoms with Crippen molar-refractivity contribution < 1.29 is 9.32 Å². The second kappa shape index (κ2) is 6.97. The molecule has 3 aromatic heterocycles. The SMILES string of the molecule is Cc1nc(-c2c[nH]c(C(=O)NCc3cc(-c4ccccc4)on3)c2)cs1. The minimum absolute atomic E-state index is 0.201. The van der Waals surface area contributed by atoms with Gasteiger partial charge in [-0.3, -0.25) is 4.79 Å². The smallest absolute Gasteiger partial charge is 0.268 e. The third-order valence-corrected chi connectivity index (χ3v) is 4.66. The average Bonchev–Trinajstić information content (AvgIpc) is 3.40. The van der Waals surface area contributed by atoms with Crippen molar-refractivity contribution in [3.8, 4) is 22.6 Å². The van der Waals surface area contributed by atoms with Gasteiger partial charge in [-0.1, -0.05) is 35.5 Å². The van der Waals surface area contributed by atoms with Crippen molar-refractivity contribution in [2.24, 2.45) is 0 Å². The zero-order chi connectivity index (χ0) is 17.9. The molecule has 0 fully saturated rings. The highest BCUT2D eigenvalue weighted by molar-refractivity contribution is 7.09. The first kappa shape index (κ1) is 16.3. The molecule has 0 atom stereocenters. The molecule has 1 aromatic carbocycles. The second-order valence-corrected chi connectivity index (χ2v) is 6.85. The van der Waals surface area contributed by atoms with Crippen molar-refractivity contribution >= 4 is 17.2 Å². The number of amides is 1. The molecule has 2 N–H and O–H groups in total. The molecule has 130 valence electrons. The summed E-state index contributed by atoms with van der Waals surface area (Å²) in [6.07, 6.45) is 1.78. The van der Waals surface area contributed by atoms with Crippen LogP contribution >= 0.6 is 11.3 Å². The highest BCUT2D eigenvalue weighted by Crippen LogP contribution is 2.22. The van der Waals surface area contributed by atoms with Crippen molar-refractivity contribution in [1.82, 2.24) is 20.4 Å². The van der Waals surface area contributed by atoms with Crippen LogP contribution in [0.5, 0.6) is 0 Å². The molecule has 0 aliphatic carbocycles. The Hall–Kier alpha value is -3.19. The summed E-state index contributed by atoms with van der Waals surface area (Å²) in [6.45, 7) is 2.25. The van der Waals surface area contributed by atoms with Crippen LogP contribution in [0.3, 0.4) is 0 Å². The summed E-state index contributed by atoms with van der Waals surface area (Å²) in [5.41, 5.74) is 3.86. The summed E-state index contributed by atoms with van der Waals surface area (Å²) in [5, 5.41) is 9.81. The van der Waals surface area contributed by atoms with Crippen LogP contribution in [0.15, 0.2) is 58.6 Å². The highest BCUT2D eigenvalue weighted by atomic mass is 32.1. The van der Waals surface area contributed by atoms with Gasteiger partial charge in [0.15, 0.2) is 5.76 Å². The van der Waals surface area contributed by atoms with Crippen molar-refractivity contribution in [3.05, 3.63) is 70.4 Å². The fourth-order valence-corrected chi connectivity index (χ4v) is 3.19. The lowest BCUT2D eigenvalue weighted by Gasteiger charge is -1.99. The van der Waals surface area contributed by atoms with Crippen LogP contribution in [-0.4, -0.2) is 21.0 Å². The van der Waals surface area contributed by atoms with Crippen LogP contribution in [0.25, 0.3) is 22.6 Å². The van der Waals surface area contributed by atoms with Gasteiger partial charge in [0.1, 0.15) is 11.4 Å². The number of hydrogen-bond donors (Lipinski definition) is 2. The van der Waals surface area contributed by atoms with E-state index >= 15 is 0 Å². The molecular weight excluding hydrogens is 348 g/mol. The maximum absolute atomic E-state index is 12.3. The minimum atomic E-state index is -0.201. The summed E-state index contributed by atoms with van der Waals surface area (Å²) >= 11 is 1.58. The van der Waals surface area contributed by atoms with Gasteiger partial charge in [0.2, 0.25) is 0 Å². The number of carbonyl (C=O) groups is 1. The summed E-state index contributed by atoms with van der Waals surface area (Å²) in [4.78, 5) is 19.7. The van der Waals surface area contributed by atoms with Crippen LogP contribution in [0.4, 0.5) is 0 Å². The van der Waals surface area contributed by atoms with Crippen molar-refractivity contribution in [1.29, 1.82) is 0 Å². The van der Waals surface area contributed by atoms with Crippen molar-refractivity contribution in [2.75, 3.05) is 0 Å². The van der Waals surface area contributed by atoms with Gasteiger partial charge >= 0.3 is 0 Å². The predicted octanol–water partition coefficient (Wildman–Crippen LogP) is 4.03. The van der Waals surface area contributed by atoms with Crippen molar-refractivity contribution in [2.45, 2.75) is 13.5 Å². The molecule has 0 aliphatic rings. The Morgan fingerprint density at radius 1 is 1.23 bits per heavy atom. The fourth-order valence-electron chi connectivity index (χ4n) is 2.57. The molecular formula is C19H16N4O2S. The Labute approximate surface area is 153 Å². The summed E-state index contributed by atoms with van der Waals surface area (Å²) in [5.74, 6) is 0.475. The molecule has 1 amide bonds. The third kappa shape index (κ3) is 3.43. The van der Waals surface area contributed by atoms with E-state index in [0.717, 1.165) is 21.8 Å². The number of carbonyl (C=O) groups excluding carboxylic acids is 1. The average molecular weight is 364 g/mol. The van der Waals surface area contributed by atoms with E-state index in [4.69, 9.17) is 4.52 Å². The van der Waals surface area contributed by atoms with E-state index in [1.807, 2.05) is 48.7 Å². The van der Waals surface area contributed by atoms with E-state index in [9.17, 15) is 4.79 Å². The number of H-pyrrole nitrogens is 1. The van der Waals surface area contributed by atoms with Gasteiger partial charge in [0.25, 0.3) is 5.91 Å². The van der Waals surface area contributed by atoms with Crippen LogP contribution in [-0.2, 0) is 6.54 Å². The Morgan fingerprint density at radius 2 is 2.08 bits per heavy atom. The molecule has 0 saturated heterocycles. The quantitative estimate of drug-likeness (QED) is 0.560. The minimum Gasteiger partial charge on any atom is -0.357 e. The van der Waals surface area contributed by atoms with Gasteiger partial charge in [0, 0.05) is 28.8 Å². The first-order valence-corrected chi connectivity index (χ1v) is 8.97. The van der Waals surface area contributed by atoms with Crippen LogP contribution in [0.2, 0.25) is 0 Å². The molecule has 6 nitrogen and oxygen atoms in total. The fraction of sp³-hybridized carbons (Fsp3) is 0.105. The summed E-state index contributed by atoms with van der Waals surface area (Å²) < 4.78 is 5.34. The molecule has 26 heavy (non-hydrogen) atoms. The summed E-state index contributed by atoms with van der Waals surface area (Å²) in [6, 6.07) is 13.3. The van der Waals surface area contributed by atoms with Gasteiger partial charge in [-0.2, -0.15) is 0 Å². The number of nitrogens with zero attached hydrogens (tertiary/aromatic N) is 2. The Kier molecular flexibility index (Phi) is 4.37. The van der Waals surface area contributed by atoms with Crippen molar-refractivity contribution in [3.63, 3.8) is 0 Å². The maximum atomic E-state index is 12.3. The highest BCUT2D eigenvalue weighted by Gasteiger charge is 2.12. The first-order chi connectivity index (χ1) is 12.7. The third-order valence-electron chi connectivity index (χ3n) is 3.89. The molecule has 0 bridgehead atoms. The lowest BCUT2D eigenvalue weighted by atomic mass is 10.1. The maximum Gasteiger partial charge on any atom is 0.268 e. The first-order valence-electron chi connectivity index (χ1n) is 8.09. The molecule has 4 aromatic rings. The number of aryl methyl sites for hydroxylation is 1. The zero-order valence-electron chi connectivity index (χ0n) is 14.0. The van der Waals surface area contributed by atoms with Gasteiger partial charge < -0.3 is 14.8 Å². The zero-order valence-corrected chi connectivity index (χ0v) is 14.8. The van der Waals surface area contributed by atoms with Crippen LogP contribution in [0.1, 0.15) is 21.2 Å². The van der Waals surface area contributed by atoms with Gasteiger partial charge in [0.05, 0.1) is 17.2 Å². The lowest BCUT2D eigenvalue weighted by Crippen LogP contribution is -2.23. The topological polar surface area (TPSA) is 83.8 Å². The van der Waals surface area contributed by atoms with E-state index in [0.29, 0.717) is 23.7 Å². The number of rotatable bonds is 5. The number of aromatic amines is 1. The number of aromatic nitrogens is 3. The Bertz CT molecular complexity index is 1030. The molecule has 3 heterocycles. The molecule has 0 spiro atoms.